The van der Waals surface area contributed by atoms with Crippen LogP contribution in [0.4, 0.5) is 0 Å². The zero-order valence-electron chi connectivity index (χ0n) is 10.6. The molecule has 0 fully saturated rings. The van der Waals surface area contributed by atoms with Gasteiger partial charge >= 0.3 is 0 Å². The summed E-state index contributed by atoms with van der Waals surface area (Å²) >= 11 is 17.1. The number of carbonyl (C=O) groups is 1. The van der Waals surface area contributed by atoms with E-state index < -0.39 is 50.9 Å². The van der Waals surface area contributed by atoms with Crippen LogP contribution in [-0.4, -0.2) is 31.2 Å². The van der Waals surface area contributed by atoms with E-state index in [0.717, 1.165) is 18.2 Å². The molecule has 0 aromatic heterocycles. The van der Waals surface area contributed by atoms with Gasteiger partial charge < -0.3 is 0 Å². The van der Waals surface area contributed by atoms with E-state index >= 15 is 0 Å². The molecule has 2 rings (SSSR count). The zero-order valence-corrected chi connectivity index (χ0v) is 14.5. The molecule has 0 amide bonds. The number of hydrogen-bond acceptors (Lipinski definition) is 5. The molecule has 12 heteroatoms. The monoisotopic (exact) mass is 418 g/mol. The van der Waals surface area contributed by atoms with Crippen LogP contribution in [0.5, 0.6) is 0 Å². The van der Waals surface area contributed by atoms with Crippen molar-refractivity contribution in [1.82, 2.24) is 0 Å². The van der Waals surface area contributed by atoms with Gasteiger partial charge in [-0.3, -0.25) is 13.9 Å². The van der Waals surface area contributed by atoms with E-state index in [4.69, 9.17) is 39.4 Å². The molecule has 0 aliphatic carbocycles. The molecule has 0 spiro atoms. The van der Waals surface area contributed by atoms with E-state index in [0.29, 0.717) is 0 Å². The van der Waals surface area contributed by atoms with Crippen LogP contribution in [0.25, 0.3) is 10.8 Å². The standard InChI is InChI=1S/C11H5Cl3O7S2/c12-8-6-3-4(22(16,17)18)1-2-5(6)7(11(14)15)9(13)10(8)23(19,20)21/h1-3H,(H,16,17,18)(H,19,20,21). The van der Waals surface area contributed by atoms with Gasteiger partial charge in [-0.25, -0.2) is 0 Å². The molecule has 0 saturated heterocycles. The smallest absolute Gasteiger partial charge is 0.282 e. The van der Waals surface area contributed by atoms with Gasteiger partial charge in [-0.2, -0.15) is 16.8 Å². The SMILES string of the molecule is O=C(Cl)c1c(Cl)c(S(=O)(=O)O)c(Cl)c2cc(S(=O)(=O)O)ccc12. The summed E-state index contributed by atoms with van der Waals surface area (Å²) in [5, 5.41) is -2.80. The second-order valence-electron chi connectivity index (χ2n) is 4.26. The summed E-state index contributed by atoms with van der Waals surface area (Å²) in [4.78, 5) is 9.94. The molecule has 0 saturated carbocycles. The zero-order chi connectivity index (χ0) is 17.7. The van der Waals surface area contributed by atoms with Gasteiger partial charge in [0.2, 0.25) is 0 Å². The Morgan fingerprint density at radius 2 is 1.48 bits per heavy atom. The second kappa shape index (κ2) is 5.85. The first-order valence-corrected chi connectivity index (χ1v) is 9.46. The molecule has 0 radical (unpaired) electrons. The topological polar surface area (TPSA) is 126 Å². The highest BCUT2D eigenvalue weighted by Crippen LogP contribution is 2.41. The van der Waals surface area contributed by atoms with Crippen molar-refractivity contribution >= 4 is 71.1 Å². The maximum atomic E-state index is 11.5. The minimum atomic E-state index is -4.95. The maximum absolute atomic E-state index is 11.5. The van der Waals surface area contributed by atoms with Crippen molar-refractivity contribution in [2.24, 2.45) is 0 Å². The number of fused-ring (bicyclic) bond motifs is 1. The average molecular weight is 420 g/mol. The predicted octanol–water partition coefficient (Wildman–Crippen LogP) is 3.02. The molecule has 2 aromatic carbocycles. The fourth-order valence-electron chi connectivity index (χ4n) is 1.95. The number of benzene rings is 2. The molecule has 2 N–H and O–H groups in total. The van der Waals surface area contributed by atoms with E-state index in [1.165, 1.54) is 0 Å². The average Bonchev–Trinajstić information content (AvgIpc) is 2.35. The third kappa shape index (κ3) is 3.31. The van der Waals surface area contributed by atoms with Gasteiger partial charge in [0, 0.05) is 5.39 Å². The first-order chi connectivity index (χ1) is 10.4. The molecule has 124 valence electrons. The summed E-state index contributed by atoms with van der Waals surface area (Å²) in [5.41, 5.74) is -0.484. The normalized spacial score (nSPS) is 12.6. The Kier molecular flexibility index (Phi) is 4.68. The van der Waals surface area contributed by atoms with Gasteiger partial charge in [-0.15, -0.1) is 0 Å². The third-order valence-corrected chi connectivity index (χ3v) is 5.82. The van der Waals surface area contributed by atoms with E-state index in [9.17, 15) is 26.2 Å². The largest absolute Gasteiger partial charge is 0.297 e. The number of halogens is 3. The molecule has 23 heavy (non-hydrogen) atoms. The molecule has 0 bridgehead atoms. The highest BCUT2D eigenvalue weighted by molar-refractivity contribution is 7.86. The van der Waals surface area contributed by atoms with Crippen molar-refractivity contribution in [3.8, 4) is 0 Å². The summed E-state index contributed by atoms with van der Waals surface area (Å²) in [6.07, 6.45) is 0. The second-order valence-corrected chi connectivity index (χ2v) is 8.14. The van der Waals surface area contributed by atoms with Crippen LogP contribution in [0.2, 0.25) is 10.0 Å². The molecular formula is C11H5Cl3O7S2. The van der Waals surface area contributed by atoms with Crippen molar-refractivity contribution < 1.29 is 30.7 Å². The number of rotatable bonds is 3. The minimum absolute atomic E-state index is 0.0557. The first-order valence-electron chi connectivity index (χ1n) is 5.45. The van der Waals surface area contributed by atoms with Crippen LogP contribution in [0.15, 0.2) is 28.0 Å². The maximum Gasteiger partial charge on any atom is 0.297 e. The number of carbonyl (C=O) groups excluding carboxylic acids is 1. The third-order valence-electron chi connectivity index (χ3n) is 2.87. The molecule has 0 aliphatic rings. The van der Waals surface area contributed by atoms with Gasteiger partial charge in [-0.05, 0) is 29.1 Å². The van der Waals surface area contributed by atoms with Crippen molar-refractivity contribution in [2.45, 2.75) is 9.79 Å². The quantitative estimate of drug-likeness (QED) is 0.578. The van der Waals surface area contributed by atoms with E-state index in [1.807, 2.05) is 0 Å². The van der Waals surface area contributed by atoms with Crippen molar-refractivity contribution in [2.75, 3.05) is 0 Å². The Labute approximate surface area is 145 Å². The van der Waals surface area contributed by atoms with Crippen molar-refractivity contribution in [3.05, 3.63) is 33.8 Å². The molecule has 0 unspecified atom stereocenters. The molecule has 7 nitrogen and oxygen atoms in total. The van der Waals surface area contributed by atoms with E-state index in [-0.39, 0.29) is 10.8 Å². The van der Waals surface area contributed by atoms with Crippen molar-refractivity contribution in [3.63, 3.8) is 0 Å². The van der Waals surface area contributed by atoms with Gasteiger partial charge in [-0.1, -0.05) is 29.3 Å². The molecule has 0 aliphatic heterocycles. The lowest BCUT2D eigenvalue weighted by molar-refractivity contribution is 0.108. The lowest BCUT2D eigenvalue weighted by atomic mass is 10.0. The molecule has 0 atom stereocenters. The summed E-state index contributed by atoms with van der Waals surface area (Å²) in [6, 6.07) is 2.84. The van der Waals surface area contributed by atoms with Crippen LogP contribution in [0, 0.1) is 0 Å². The Morgan fingerprint density at radius 3 is 1.91 bits per heavy atom. The Bertz CT molecular complexity index is 1060. The number of hydrogen-bond donors (Lipinski definition) is 2. The van der Waals surface area contributed by atoms with Gasteiger partial charge in [0.1, 0.15) is 4.90 Å². The first kappa shape index (κ1) is 18.4. The minimum Gasteiger partial charge on any atom is -0.282 e. The highest BCUT2D eigenvalue weighted by atomic mass is 35.5. The fourth-order valence-corrected chi connectivity index (χ4v) is 4.54. The van der Waals surface area contributed by atoms with Gasteiger partial charge in [0.15, 0.2) is 0 Å². The Balaban J connectivity index is 3.15. The van der Waals surface area contributed by atoms with E-state index in [2.05, 4.69) is 0 Å². The Hall–Kier alpha value is -0.940. The highest BCUT2D eigenvalue weighted by Gasteiger charge is 2.28. The van der Waals surface area contributed by atoms with Crippen LogP contribution in [0.3, 0.4) is 0 Å². The van der Waals surface area contributed by atoms with E-state index in [1.54, 1.807) is 0 Å². The van der Waals surface area contributed by atoms with Crippen LogP contribution >= 0.6 is 34.8 Å². The molecule has 0 heterocycles. The van der Waals surface area contributed by atoms with Crippen LogP contribution in [-0.2, 0) is 20.2 Å². The summed E-state index contributed by atoms with van der Waals surface area (Å²) in [6.45, 7) is 0. The van der Waals surface area contributed by atoms with Crippen molar-refractivity contribution in [1.29, 1.82) is 0 Å². The summed E-state index contributed by atoms with van der Waals surface area (Å²) < 4.78 is 63.5. The van der Waals surface area contributed by atoms with Crippen LogP contribution < -0.4 is 0 Å². The van der Waals surface area contributed by atoms with Crippen LogP contribution in [0.1, 0.15) is 10.4 Å². The fraction of sp³-hybridized carbons (Fsp3) is 0. The molecular weight excluding hydrogens is 415 g/mol. The summed E-state index contributed by atoms with van der Waals surface area (Å²) in [7, 11) is -9.57. The van der Waals surface area contributed by atoms with Gasteiger partial charge in [0.25, 0.3) is 25.5 Å². The lowest BCUT2D eigenvalue weighted by Gasteiger charge is -2.13. The lowest BCUT2D eigenvalue weighted by Crippen LogP contribution is -2.06. The predicted molar refractivity (Wildman–Crippen MR) is 83.8 cm³/mol. The Morgan fingerprint density at radius 1 is 0.913 bits per heavy atom. The van der Waals surface area contributed by atoms with Gasteiger partial charge in [0.05, 0.1) is 20.5 Å². The summed E-state index contributed by atoms with van der Waals surface area (Å²) in [5.74, 6) is 0. The molecule has 2 aromatic rings.